The van der Waals surface area contributed by atoms with E-state index >= 15 is 0 Å². The lowest BCUT2D eigenvalue weighted by Gasteiger charge is -2.17. The van der Waals surface area contributed by atoms with Crippen LogP contribution in [0.2, 0.25) is 0 Å². The number of hydrazine groups is 1. The van der Waals surface area contributed by atoms with Crippen molar-refractivity contribution in [2.75, 3.05) is 14.2 Å². The zero-order chi connectivity index (χ0) is 14.5. The summed E-state index contributed by atoms with van der Waals surface area (Å²) in [6.07, 6.45) is 0.809. The Morgan fingerprint density at radius 3 is 2.30 bits per heavy atom. The second-order valence-electron chi connectivity index (χ2n) is 4.30. The molecule has 0 radical (unpaired) electrons. The summed E-state index contributed by atoms with van der Waals surface area (Å²) < 4.78 is 11.7. The van der Waals surface area contributed by atoms with Crippen molar-refractivity contribution in [1.29, 1.82) is 0 Å². The van der Waals surface area contributed by atoms with Gasteiger partial charge in [0.15, 0.2) is 0 Å². The summed E-state index contributed by atoms with van der Waals surface area (Å²) in [4.78, 5) is 1.25. The highest BCUT2D eigenvalue weighted by Crippen LogP contribution is 2.30. The van der Waals surface area contributed by atoms with E-state index in [2.05, 4.69) is 32.8 Å². The van der Waals surface area contributed by atoms with Gasteiger partial charge in [0.1, 0.15) is 11.5 Å². The maximum absolute atomic E-state index is 5.70. The van der Waals surface area contributed by atoms with E-state index in [1.165, 1.54) is 4.88 Å². The van der Waals surface area contributed by atoms with Crippen LogP contribution in [-0.2, 0) is 6.42 Å². The molecule has 0 aliphatic rings. The molecule has 3 N–H and O–H groups in total. The van der Waals surface area contributed by atoms with Crippen molar-refractivity contribution in [2.45, 2.75) is 12.5 Å². The molecule has 1 aromatic carbocycles. The highest BCUT2D eigenvalue weighted by Gasteiger charge is 2.14. The average molecular weight is 357 g/mol. The zero-order valence-electron chi connectivity index (χ0n) is 11.4. The number of ether oxygens (including phenoxy) is 2. The van der Waals surface area contributed by atoms with Crippen molar-refractivity contribution < 1.29 is 9.47 Å². The SMILES string of the molecule is COc1cc(OC)cc(C(Cc2cc(Br)cs2)NN)c1. The van der Waals surface area contributed by atoms with Gasteiger partial charge < -0.3 is 9.47 Å². The highest BCUT2D eigenvalue weighted by molar-refractivity contribution is 9.10. The molecule has 0 bridgehead atoms. The Kier molecular flexibility index (Phi) is 5.42. The van der Waals surface area contributed by atoms with Gasteiger partial charge in [0.25, 0.3) is 0 Å². The molecule has 0 amide bonds. The minimum absolute atomic E-state index is 0.00421. The van der Waals surface area contributed by atoms with Gasteiger partial charge in [-0.2, -0.15) is 0 Å². The number of hydrogen-bond donors (Lipinski definition) is 2. The number of methoxy groups -OCH3 is 2. The van der Waals surface area contributed by atoms with Crippen LogP contribution in [0.15, 0.2) is 34.1 Å². The fraction of sp³-hybridized carbons (Fsp3) is 0.286. The van der Waals surface area contributed by atoms with Gasteiger partial charge >= 0.3 is 0 Å². The third-order valence-corrected chi connectivity index (χ3v) is 4.72. The second-order valence-corrected chi connectivity index (χ2v) is 6.21. The van der Waals surface area contributed by atoms with Crippen LogP contribution in [0.4, 0.5) is 0 Å². The zero-order valence-corrected chi connectivity index (χ0v) is 13.8. The number of nitrogens with two attached hydrogens (primary N) is 1. The number of hydrogen-bond acceptors (Lipinski definition) is 5. The molecule has 1 unspecified atom stereocenters. The number of rotatable bonds is 6. The maximum Gasteiger partial charge on any atom is 0.122 e. The molecule has 0 saturated carbocycles. The molecule has 2 rings (SSSR count). The van der Waals surface area contributed by atoms with Crippen LogP contribution in [-0.4, -0.2) is 14.2 Å². The molecular formula is C14H17BrN2O2S. The van der Waals surface area contributed by atoms with Gasteiger partial charge in [0, 0.05) is 27.2 Å². The summed E-state index contributed by atoms with van der Waals surface area (Å²) in [6, 6.07) is 7.89. The van der Waals surface area contributed by atoms with Crippen LogP contribution in [0.1, 0.15) is 16.5 Å². The first-order chi connectivity index (χ1) is 9.66. The minimum Gasteiger partial charge on any atom is -0.497 e. The van der Waals surface area contributed by atoms with E-state index in [-0.39, 0.29) is 6.04 Å². The maximum atomic E-state index is 5.70. The number of nitrogens with one attached hydrogen (secondary N) is 1. The first-order valence-electron chi connectivity index (χ1n) is 6.08. The largest absolute Gasteiger partial charge is 0.497 e. The molecular weight excluding hydrogens is 340 g/mol. The average Bonchev–Trinajstić information content (AvgIpc) is 2.89. The monoisotopic (exact) mass is 356 g/mol. The Labute approximate surface area is 131 Å². The van der Waals surface area contributed by atoms with Crippen molar-refractivity contribution in [1.82, 2.24) is 5.43 Å². The molecule has 108 valence electrons. The van der Waals surface area contributed by atoms with Crippen molar-refractivity contribution in [3.8, 4) is 11.5 Å². The smallest absolute Gasteiger partial charge is 0.122 e. The first-order valence-corrected chi connectivity index (χ1v) is 7.75. The first kappa shape index (κ1) is 15.3. The van der Waals surface area contributed by atoms with Gasteiger partial charge in [-0.3, -0.25) is 11.3 Å². The van der Waals surface area contributed by atoms with Crippen LogP contribution in [0.25, 0.3) is 0 Å². The Morgan fingerprint density at radius 2 is 1.85 bits per heavy atom. The van der Waals surface area contributed by atoms with Crippen molar-refractivity contribution in [2.24, 2.45) is 5.84 Å². The van der Waals surface area contributed by atoms with Gasteiger partial charge in [-0.05, 0) is 39.7 Å². The molecule has 0 saturated heterocycles. The van der Waals surface area contributed by atoms with E-state index in [4.69, 9.17) is 15.3 Å². The Morgan fingerprint density at radius 1 is 1.20 bits per heavy atom. The van der Waals surface area contributed by atoms with Crippen molar-refractivity contribution in [3.63, 3.8) is 0 Å². The van der Waals surface area contributed by atoms with E-state index in [1.807, 2.05) is 18.2 Å². The van der Waals surface area contributed by atoms with Crippen LogP contribution in [0.3, 0.4) is 0 Å². The molecule has 6 heteroatoms. The summed E-state index contributed by atoms with van der Waals surface area (Å²) in [6.45, 7) is 0. The molecule has 20 heavy (non-hydrogen) atoms. The van der Waals surface area contributed by atoms with E-state index in [1.54, 1.807) is 25.6 Å². The summed E-state index contributed by atoms with van der Waals surface area (Å²) in [5, 5.41) is 2.06. The van der Waals surface area contributed by atoms with Crippen molar-refractivity contribution in [3.05, 3.63) is 44.6 Å². The lowest BCUT2D eigenvalue weighted by Crippen LogP contribution is -2.29. The van der Waals surface area contributed by atoms with Crippen LogP contribution in [0.5, 0.6) is 11.5 Å². The lowest BCUT2D eigenvalue weighted by atomic mass is 10.0. The molecule has 0 aliphatic carbocycles. The van der Waals surface area contributed by atoms with E-state index < -0.39 is 0 Å². The molecule has 0 spiro atoms. The number of benzene rings is 1. The fourth-order valence-electron chi connectivity index (χ4n) is 1.97. The van der Waals surface area contributed by atoms with E-state index in [0.717, 1.165) is 28.0 Å². The lowest BCUT2D eigenvalue weighted by molar-refractivity contribution is 0.391. The minimum atomic E-state index is 0.00421. The standard InChI is InChI=1S/C14H17BrN2O2S/c1-18-11-3-9(4-12(6-11)19-2)14(17-16)7-13-5-10(15)8-20-13/h3-6,8,14,17H,7,16H2,1-2H3. The Bertz CT molecular complexity index is 552. The summed E-state index contributed by atoms with van der Waals surface area (Å²) in [5.74, 6) is 7.22. The predicted octanol–water partition coefficient (Wildman–Crippen LogP) is 3.27. The quantitative estimate of drug-likeness (QED) is 0.615. The highest BCUT2D eigenvalue weighted by atomic mass is 79.9. The predicted molar refractivity (Wildman–Crippen MR) is 85.3 cm³/mol. The second kappa shape index (κ2) is 7.08. The van der Waals surface area contributed by atoms with Crippen LogP contribution < -0.4 is 20.7 Å². The summed E-state index contributed by atoms with van der Waals surface area (Å²) >= 11 is 5.17. The molecule has 0 aliphatic heterocycles. The third kappa shape index (κ3) is 3.73. The Balaban J connectivity index is 2.26. The normalized spacial score (nSPS) is 12.2. The summed E-state index contributed by atoms with van der Waals surface area (Å²) in [7, 11) is 3.28. The molecule has 0 fully saturated rings. The molecule has 1 aromatic heterocycles. The molecule has 4 nitrogen and oxygen atoms in total. The van der Waals surface area contributed by atoms with Gasteiger partial charge in [0.05, 0.1) is 20.3 Å². The third-order valence-electron chi connectivity index (χ3n) is 3.00. The summed E-state index contributed by atoms with van der Waals surface area (Å²) in [5.41, 5.74) is 3.89. The van der Waals surface area contributed by atoms with Crippen LogP contribution >= 0.6 is 27.3 Å². The Hall–Kier alpha value is -1.08. The molecule has 1 heterocycles. The molecule has 1 atom stereocenters. The van der Waals surface area contributed by atoms with E-state index in [9.17, 15) is 0 Å². The topological polar surface area (TPSA) is 56.5 Å². The number of thiophene rings is 1. The van der Waals surface area contributed by atoms with Crippen LogP contribution in [0, 0.1) is 0 Å². The number of halogens is 1. The van der Waals surface area contributed by atoms with Gasteiger partial charge in [-0.15, -0.1) is 11.3 Å². The van der Waals surface area contributed by atoms with Gasteiger partial charge in [-0.1, -0.05) is 0 Å². The fourth-order valence-corrected chi connectivity index (χ4v) is 3.46. The van der Waals surface area contributed by atoms with E-state index in [0.29, 0.717) is 0 Å². The van der Waals surface area contributed by atoms with Gasteiger partial charge in [0.2, 0.25) is 0 Å². The van der Waals surface area contributed by atoms with Crippen molar-refractivity contribution >= 4 is 27.3 Å². The van der Waals surface area contributed by atoms with Gasteiger partial charge in [-0.25, -0.2) is 0 Å². The molecule has 2 aromatic rings.